The normalized spacial score (nSPS) is 33.7. The van der Waals surface area contributed by atoms with Gasteiger partial charge in [0.05, 0.1) is 24.0 Å². The van der Waals surface area contributed by atoms with Gasteiger partial charge in [-0.3, -0.25) is 14.4 Å². The lowest BCUT2D eigenvalue weighted by atomic mass is 9.73. The highest BCUT2D eigenvalue weighted by atomic mass is 16.5. The largest absolute Gasteiger partial charge is 0.454 e. The molecule has 28 heavy (non-hydrogen) atoms. The summed E-state index contributed by atoms with van der Waals surface area (Å²) in [5.41, 5.74) is -0.139. The maximum atomic E-state index is 12.9. The molecule has 0 aliphatic carbocycles. The Morgan fingerprint density at radius 2 is 1.82 bits per heavy atom. The van der Waals surface area contributed by atoms with Gasteiger partial charge < -0.3 is 14.9 Å². The molecule has 1 rings (SSSR count). The van der Waals surface area contributed by atoms with Gasteiger partial charge >= 0.3 is 5.97 Å². The van der Waals surface area contributed by atoms with Crippen LogP contribution in [0.4, 0.5) is 0 Å². The molecule has 1 aliphatic rings. The number of hydrogen-bond donors (Lipinski definition) is 2. The molecule has 0 spiro atoms. The van der Waals surface area contributed by atoms with Gasteiger partial charge in [-0.1, -0.05) is 39.3 Å². The molecule has 1 heterocycles. The second-order valence-electron chi connectivity index (χ2n) is 8.83. The number of carbonyl (C=O) groups excluding carboxylic acids is 3. The molecule has 0 aromatic carbocycles. The fourth-order valence-electron chi connectivity index (χ4n) is 3.60. The van der Waals surface area contributed by atoms with Crippen LogP contribution in [0.3, 0.4) is 0 Å². The standard InChI is InChI=1S/C22H36O6/c1-13-8-7-9-14(2)20(26)15(3)21(27)22(5,6)18(24)12-19(25)28-17(11-10-13)16(4)23/h10,14-15,17-18,20,24,26H,7-9,11-12H2,1-6H3/t14-,15+,17-,18-,20-/m0/s1. The number of cyclic esters (lactones) is 1. The maximum Gasteiger partial charge on any atom is 0.309 e. The zero-order valence-electron chi connectivity index (χ0n) is 18.0. The first kappa shape index (κ1) is 24.5. The van der Waals surface area contributed by atoms with Gasteiger partial charge in [-0.15, -0.1) is 0 Å². The molecular weight excluding hydrogens is 360 g/mol. The first-order chi connectivity index (χ1) is 12.9. The van der Waals surface area contributed by atoms with Gasteiger partial charge in [0, 0.05) is 12.3 Å². The summed E-state index contributed by atoms with van der Waals surface area (Å²) in [5.74, 6) is -1.99. The topological polar surface area (TPSA) is 101 Å². The predicted molar refractivity (Wildman–Crippen MR) is 107 cm³/mol. The van der Waals surface area contributed by atoms with Crippen LogP contribution in [-0.2, 0) is 19.1 Å². The number of Topliss-reactive ketones (excluding diaryl/α,β-unsaturated/α-hetero) is 2. The number of hydrogen-bond acceptors (Lipinski definition) is 6. The fraction of sp³-hybridized carbons (Fsp3) is 0.773. The summed E-state index contributed by atoms with van der Waals surface area (Å²) in [6.45, 7) is 10.0. The molecule has 0 unspecified atom stereocenters. The minimum Gasteiger partial charge on any atom is -0.454 e. The fourth-order valence-corrected chi connectivity index (χ4v) is 3.60. The van der Waals surface area contributed by atoms with Gasteiger partial charge in [0.1, 0.15) is 5.78 Å². The van der Waals surface area contributed by atoms with E-state index in [1.165, 1.54) is 6.92 Å². The van der Waals surface area contributed by atoms with Crippen LogP contribution < -0.4 is 0 Å². The van der Waals surface area contributed by atoms with E-state index in [1.54, 1.807) is 20.8 Å². The SMILES string of the molecule is CC(=O)[C@@H]1CC=C(C)CCC[C@H](C)[C@H](O)[C@@H](C)C(=O)C(C)(C)[C@@H](O)CC(=O)O1. The van der Waals surface area contributed by atoms with E-state index in [4.69, 9.17) is 4.74 Å². The molecule has 0 fully saturated rings. The minimum atomic E-state index is -1.27. The zero-order chi connectivity index (χ0) is 21.6. The predicted octanol–water partition coefficient (Wildman–Crippen LogP) is 2.99. The van der Waals surface area contributed by atoms with E-state index in [1.807, 2.05) is 19.9 Å². The molecule has 0 aromatic rings. The molecule has 0 saturated heterocycles. The third-order valence-electron chi connectivity index (χ3n) is 5.98. The lowest BCUT2D eigenvalue weighted by Crippen LogP contribution is -2.45. The Hall–Kier alpha value is -1.53. The van der Waals surface area contributed by atoms with Crippen LogP contribution in [-0.4, -0.2) is 46.1 Å². The third-order valence-corrected chi connectivity index (χ3v) is 5.98. The highest BCUT2D eigenvalue weighted by Crippen LogP contribution is 2.32. The van der Waals surface area contributed by atoms with Crippen molar-refractivity contribution in [1.29, 1.82) is 0 Å². The molecule has 0 radical (unpaired) electrons. The number of esters is 1. The summed E-state index contributed by atoms with van der Waals surface area (Å²) in [6, 6.07) is 0. The molecule has 0 bridgehead atoms. The van der Waals surface area contributed by atoms with Crippen LogP contribution in [0.2, 0.25) is 0 Å². The Labute approximate surface area is 168 Å². The van der Waals surface area contributed by atoms with Crippen molar-refractivity contribution < 1.29 is 29.3 Å². The average Bonchev–Trinajstić information content (AvgIpc) is 2.61. The molecule has 6 heteroatoms. The summed E-state index contributed by atoms with van der Waals surface area (Å²) in [6.07, 6.45) is 1.25. The number of rotatable bonds is 1. The number of aliphatic hydroxyl groups is 2. The average molecular weight is 397 g/mol. The van der Waals surface area contributed by atoms with Crippen molar-refractivity contribution in [2.45, 2.75) is 92.0 Å². The van der Waals surface area contributed by atoms with Crippen molar-refractivity contribution in [3.05, 3.63) is 11.6 Å². The zero-order valence-corrected chi connectivity index (χ0v) is 18.0. The van der Waals surface area contributed by atoms with E-state index in [-0.39, 0.29) is 23.9 Å². The van der Waals surface area contributed by atoms with Crippen molar-refractivity contribution in [3.63, 3.8) is 0 Å². The molecule has 0 amide bonds. The van der Waals surface area contributed by atoms with Gasteiger partial charge in [-0.2, -0.15) is 0 Å². The Morgan fingerprint density at radius 3 is 2.39 bits per heavy atom. The van der Waals surface area contributed by atoms with Gasteiger partial charge in [0.25, 0.3) is 0 Å². The highest BCUT2D eigenvalue weighted by molar-refractivity contribution is 5.88. The lowest BCUT2D eigenvalue weighted by Gasteiger charge is -2.34. The maximum absolute atomic E-state index is 12.9. The molecule has 2 N–H and O–H groups in total. The van der Waals surface area contributed by atoms with Crippen molar-refractivity contribution in [3.8, 4) is 0 Å². The number of allylic oxidation sites excluding steroid dienone is 1. The van der Waals surface area contributed by atoms with Crippen LogP contribution in [0.15, 0.2) is 11.6 Å². The summed E-state index contributed by atoms with van der Waals surface area (Å²) >= 11 is 0. The van der Waals surface area contributed by atoms with Crippen LogP contribution in [0.5, 0.6) is 0 Å². The Bertz CT molecular complexity index is 606. The second-order valence-corrected chi connectivity index (χ2v) is 8.83. The molecule has 1 aliphatic heterocycles. The van der Waals surface area contributed by atoms with Crippen molar-refractivity contribution in [1.82, 2.24) is 0 Å². The van der Waals surface area contributed by atoms with E-state index in [9.17, 15) is 24.6 Å². The number of ketones is 2. The molecule has 0 saturated carbocycles. The number of aliphatic hydroxyl groups excluding tert-OH is 2. The summed E-state index contributed by atoms with van der Waals surface area (Å²) < 4.78 is 5.27. The quantitative estimate of drug-likeness (QED) is 0.522. The Morgan fingerprint density at radius 1 is 1.21 bits per heavy atom. The second kappa shape index (κ2) is 10.3. The van der Waals surface area contributed by atoms with E-state index in [0.717, 1.165) is 24.8 Å². The van der Waals surface area contributed by atoms with Gasteiger partial charge in [-0.05, 0) is 39.0 Å². The van der Waals surface area contributed by atoms with Crippen LogP contribution in [0.25, 0.3) is 0 Å². The van der Waals surface area contributed by atoms with Crippen LogP contribution >= 0.6 is 0 Å². The number of carbonyl (C=O) groups is 3. The Kier molecular flexibility index (Phi) is 9.02. The van der Waals surface area contributed by atoms with Crippen LogP contribution in [0.1, 0.15) is 73.6 Å². The monoisotopic (exact) mass is 396 g/mol. The van der Waals surface area contributed by atoms with E-state index in [0.29, 0.717) is 6.42 Å². The summed E-state index contributed by atoms with van der Waals surface area (Å²) in [5, 5.41) is 21.1. The van der Waals surface area contributed by atoms with Crippen LogP contribution in [0, 0.1) is 17.3 Å². The molecule has 6 nitrogen and oxygen atoms in total. The minimum absolute atomic E-state index is 0.0671. The molecular formula is C22H36O6. The van der Waals surface area contributed by atoms with E-state index >= 15 is 0 Å². The Balaban J connectivity index is 3.13. The molecule has 5 atom stereocenters. The van der Waals surface area contributed by atoms with E-state index < -0.39 is 35.6 Å². The first-order valence-corrected chi connectivity index (χ1v) is 10.1. The summed E-state index contributed by atoms with van der Waals surface area (Å²) in [7, 11) is 0. The molecule has 0 aromatic heterocycles. The smallest absolute Gasteiger partial charge is 0.309 e. The number of ether oxygens (including phenoxy) is 1. The lowest BCUT2D eigenvalue weighted by molar-refractivity contribution is -0.159. The van der Waals surface area contributed by atoms with Crippen molar-refractivity contribution in [2.75, 3.05) is 0 Å². The molecule has 160 valence electrons. The van der Waals surface area contributed by atoms with Crippen molar-refractivity contribution >= 4 is 17.5 Å². The van der Waals surface area contributed by atoms with Gasteiger partial charge in [-0.25, -0.2) is 0 Å². The highest BCUT2D eigenvalue weighted by Gasteiger charge is 2.42. The van der Waals surface area contributed by atoms with E-state index in [2.05, 4.69) is 0 Å². The summed E-state index contributed by atoms with van der Waals surface area (Å²) in [4.78, 5) is 37.0. The van der Waals surface area contributed by atoms with Gasteiger partial charge in [0.2, 0.25) is 0 Å². The van der Waals surface area contributed by atoms with Gasteiger partial charge in [0.15, 0.2) is 11.9 Å². The third kappa shape index (κ3) is 6.52. The first-order valence-electron chi connectivity index (χ1n) is 10.1. The van der Waals surface area contributed by atoms with Crippen molar-refractivity contribution in [2.24, 2.45) is 17.3 Å².